The van der Waals surface area contributed by atoms with Crippen LogP contribution in [0.4, 0.5) is 19.2 Å². The number of carbonyl (C=O) groups excluding carboxylic acids is 4. The van der Waals surface area contributed by atoms with Crippen molar-refractivity contribution in [2.24, 2.45) is 5.92 Å². The third-order valence-corrected chi connectivity index (χ3v) is 22.8. The molecular formula is C75H142O67. The molecule has 0 rings (SSSR count). The van der Waals surface area contributed by atoms with E-state index in [-0.39, 0.29) is 0 Å². The summed E-state index contributed by atoms with van der Waals surface area (Å²) >= 11 is 0. The van der Waals surface area contributed by atoms with E-state index in [0.717, 1.165) is 34.6 Å². The summed E-state index contributed by atoms with van der Waals surface area (Å²) in [6.45, 7) is -0.181. The number of ether oxygens (including phenoxy) is 8. The minimum Gasteiger partial charge on any atom is -0.434 e. The van der Waals surface area contributed by atoms with E-state index in [1.807, 2.05) is 0 Å². The first-order valence-electron chi connectivity index (χ1n) is 42.5. The molecule has 0 aliphatic carbocycles. The van der Waals surface area contributed by atoms with Crippen LogP contribution in [0.5, 0.6) is 0 Å². The Morgan fingerprint density at radius 2 is 0.310 bits per heavy atom. The Morgan fingerprint density at radius 1 is 0.176 bits per heavy atom. The van der Waals surface area contributed by atoms with Crippen LogP contribution in [0.3, 0.4) is 0 Å². The van der Waals surface area contributed by atoms with Gasteiger partial charge in [-0.25, -0.2) is 19.2 Å². The van der Waals surface area contributed by atoms with Gasteiger partial charge in [-0.2, -0.15) is 0 Å². The zero-order chi connectivity index (χ0) is 111. The van der Waals surface area contributed by atoms with Gasteiger partial charge in [-0.3, -0.25) is 0 Å². The van der Waals surface area contributed by atoms with Crippen LogP contribution in [0.1, 0.15) is 41.0 Å². The van der Waals surface area contributed by atoms with Crippen molar-refractivity contribution in [2.75, 3.05) is 33.0 Å². The number of rotatable bonds is 68. The smallest absolute Gasteiger partial charge is 0.434 e. The van der Waals surface area contributed by atoms with Crippen molar-refractivity contribution in [1.29, 1.82) is 0 Å². The predicted octanol–water partition coefficient (Wildman–Crippen LogP) is -31.2. The Bertz CT molecular complexity index is 3500. The van der Waals surface area contributed by atoms with E-state index in [1.165, 1.54) is 0 Å². The molecule has 0 fully saturated rings. The highest BCUT2D eigenvalue weighted by atomic mass is 16.8. The second-order valence-electron chi connectivity index (χ2n) is 33.8. The minimum absolute atomic E-state index is 0.798. The second-order valence-corrected chi connectivity index (χ2v) is 33.8. The van der Waals surface area contributed by atoms with Crippen LogP contribution in [0, 0.1) is 5.92 Å². The van der Waals surface area contributed by atoms with Crippen molar-refractivity contribution in [3.63, 3.8) is 0 Å². The molecule has 67 nitrogen and oxygen atoms in total. The molecule has 58 atom stereocenters. The lowest BCUT2D eigenvalue weighted by atomic mass is 9.87. The highest BCUT2D eigenvalue weighted by Gasteiger charge is 2.53. The highest BCUT2D eigenvalue weighted by molar-refractivity contribution is 5.63. The van der Waals surface area contributed by atoms with Crippen LogP contribution < -0.4 is 0 Å². The normalized spacial score (nSPS) is 25.0. The van der Waals surface area contributed by atoms with Crippen LogP contribution >= 0.6 is 0 Å². The Kier molecular flexibility index (Phi) is 60.5. The van der Waals surface area contributed by atoms with Crippen molar-refractivity contribution in [2.45, 2.75) is 389 Å². The topological polar surface area (TPSA) is 1250 Å². The molecule has 55 N–H and O–H groups in total. The van der Waals surface area contributed by atoms with E-state index in [9.17, 15) is 300 Å². The summed E-state index contributed by atoms with van der Waals surface area (Å²) in [6.07, 6.45) is -167. The fourth-order valence-electron chi connectivity index (χ4n) is 12.7. The van der Waals surface area contributed by atoms with Gasteiger partial charge in [0.05, 0.1) is 24.4 Å². The fraction of sp³-hybridized carbons (Fsp3) is 0.920. The van der Waals surface area contributed by atoms with E-state index in [4.69, 9.17) is 28.4 Å². The van der Waals surface area contributed by atoms with Gasteiger partial charge in [0.25, 0.3) is 0 Å². The molecule has 0 heterocycles. The van der Waals surface area contributed by atoms with Crippen molar-refractivity contribution >= 4 is 24.6 Å². The molecule has 0 radical (unpaired) electrons. The van der Waals surface area contributed by atoms with Crippen molar-refractivity contribution < 1.29 is 338 Å². The molecule has 0 saturated carbocycles. The maximum absolute atomic E-state index is 13.6. The standard InChI is InChI=1S/C75H142O67/c1-13(76)25(84)29(88)20(80)10-137-73(132)140-17(5)19(8-135-72(131)136-9-21(81)30(89)36(95)42(101)48(107)54(113)60(119)66(125)69(128)63(122)57(116)51(110)45(104)39(98)33(92)26(85)14(2)77)7-24(142-75(134)139-12-23(83)32(91)38(97)44(103)50(109)56(115)62(121)68(127)71(130)65(124)59(118)53(112)47(106)41(100)35(94)28(87)16(4)79)18(6)141-74(133)138-11-22(82)31(90)37(96)43(102)49(108)55(114)61(120)67(126)70(129)64(123)58(117)52(111)46(105)40(99)34(93)27(86)15(3)78/h13-17,19-71,76-130H,6-12H2,1-5H3. The molecule has 844 valence electrons. The molecule has 0 bridgehead atoms. The minimum atomic E-state index is -3.11. The highest BCUT2D eigenvalue weighted by Crippen LogP contribution is 2.30. The average molecular weight is 2120 g/mol. The summed E-state index contributed by atoms with van der Waals surface area (Å²) in [4.78, 5) is 53.5. The largest absolute Gasteiger partial charge is 0.513 e. The zero-order valence-corrected chi connectivity index (χ0v) is 75.4. The maximum Gasteiger partial charge on any atom is 0.513 e. The van der Waals surface area contributed by atoms with Crippen LogP contribution in [0.15, 0.2) is 12.3 Å². The number of hydrogen-bond acceptors (Lipinski definition) is 67. The van der Waals surface area contributed by atoms with Gasteiger partial charge in [0.2, 0.25) is 0 Å². The van der Waals surface area contributed by atoms with Crippen molar-refractivity contribution in [3.05, 3.63) is 12.3 Å². The molecule has 142 heavy (non-hydrogen) atoms. The van der Waals surface area contributed by atoms with E-state index < -0.39 is 424 Å². The molecule has 0 saturated heterocycles. The van der Waals surface area contributed by atoms with Crippen molar-refractivity contribution in [3.8, 4) is 0 Å². The van der Waals surface area contributed by atoms with Gasteiger partial charge in [-0.1, -0.05) is 6.58 Å². The molecule has 67 heteroatoms. The lowest BCUT2D eigenvalue weighted by Crippen LogP contribution is -2.61. The molecule has 0 spiro atoms. The van der Waals surface area contributed by atoms with E-state index in [0.29, 0.717) is 0 Å². The summed E-state index contributed by atoms with van der Waals surface area (Å²) in [5.74, 6) is -3.41. The molecule has 0 aromatic rings. The first-order valence-corrected chi connectivity index (χ1v) is 42.5. The summed E-state index contributed by atoms with van der Waals surface area (Å²) < 4.78 is 38.9. The molecule has 58 unspecified atom stereocenters. The van der Waals surface area contributed by atoms with E-state index in [2.05, 4.69) is 16.1 Å². The quantitative estimate of drug-likeness (QED) is 0.0153. The number of aliphatic hydroxyl groups excluding tert-OH is 55. The Balaban J connectivity index is 7.55. The lowest BCUT2D eigenvalue weighted by molar-refractivity contribution is -0.209. The SMILES string of the molecule is C=C(OC(=O)OCC(O)C(O)C(O)C(O)C(O)C(O)C(O)C(O)C(O)C(O)C(O)C(O)C(O)C(O)C(O)C(O)C(C)O)C(CC(COC(=O)OCC(O)C(O)C(O)C(O)C(O)C(O)C(O)C(O)C(O)C(O)C(O)C(O)C(O)C(O)C(O)C(O)C(C)O)C(C)OC(=O)OCC(O)C(O)C(O)C(C)O)OC(=O)OCC(O)C(O)C(O)C(O)C(O)C(O)C(O)C(O)C(O)C(O)C(O)C(O)C(O)C(O)C(O)C(O)C(C)O. The molecular weight excluding hydrogens is 1970 g/mol. The number of aliphatic hydroxyl groups is 55. The Hall–Kier alpha value is -5.38. The summed E-state index contributed by atoms with van der Waals surface area (Å²) in [7, 11) is 0. The van der Waals surface area contributed by atoms with Gasteiger partial charge < -0.3 is 319 Å². The van der Waals surface area contributed by atoms with Crippen LogP contribution in [0.2, 0.25) is 0 Å². The monoisotopic (exact) mass is 2110 g/mol. The van der Waals surface area contributed by atoms with Crippen molar-refractivity contribution in [1.82, 2.24) is 0 Å². The van der Waals surface area contributed by atoms with Gasteiger partial charge in [0.1, 0.15) is 356 Å². The van der Waals surface area contributed by atoms with Crippen LogP contribution in [-0.2, 0) is 37.9 Å². The van der Waals surface area contributed by atoms with Gasteiger partial charge in [-0.05, 0) is 34.6 Å². The molecule has 0 aliphatic rings. The first kappa shape index (κ1) is 137. The molecule has 0 aromatic heterocycles. The Labute approximate surface area is 800 Å². The number of hydrogen-bond donors (Lipinski definition) is 55. The second kappa shape index (κ2) is 62.9. The van der Waals surface area contributed by atoms with E-state index >= 15 is 0 Å². The van der Waals surface area contributed by atoms with E-state index in [1.54, 1.807) is 0 Å². The third-order valence-electron chi connectivity index (χ3n) is 22.8. The van der Waals surface area contributed by atoms with Gasteiger partial charge in [0, 0.05) is 12.3 Å². The van der Waals surface area contributed by atoms with Crippen LogP contribution in [0.25, 0.3) is 0 Å². The van der Waals surface area contributed by atoms with Gasteiger partial charge in [-0.15, -0.1) is 0 Å². The maximum atomic E-state index is 13.6. The molecule has 0 amide bonds. The summed E-state index contributed by atoms with van der Waals surface area (Å²) in [6, 6.07) is 0. The summed E-state index contributed by atoms with van der Waals surface area (Å²) in [5, 5.41) is 571. The van der Waals surface area contributed by atoms with Gasteiger partial charge in [0.15, 0.2) is 6.10 Å². The zero-order valence-electron chi connectivity index (χ0n) is 75.4. The first-order chi connectivity index (χ1) is 65.0. The Morgan fingerprint density at radius 3 is 0.493 bits per heavy atom. The molecule has 0 aliphatic heterocycles. The predicted molar refractivity (Wildman–Crippen MR) is 438 cm³/mol. The van der Waals surface area contributed by atoms with Gasteiger partial charge >= 0.3 is 24.6 Å². The lowest BCUT2D eigenvalue weighted by Gasteiger charge is -2.37. The average Bonchev–Trinajstić information content (AvgIpc) is 0.820. The third kappa shape index (κ3) is 39.2. The summed E-state index contributed by atoms with van der Waals surface area (Å²) in [5.41, 5.74) is 0. The fourth-order valence-corrected chi connectivity index (χ4v) is 12.7. The van der Waals surface area contributed by atoms with Crippen LogP contribution in [-0.4, -0.2) is 686 Å². The molecule has 0 aromatic carbocycles. The number of carbonyl (C=O) groups is 4.